The summed E-state index contributed by atoms with van der Waals surface area (Å²) >= 11 is 0. The molecule has 26 heavy (non-hydrogen) atoms. The highest BCUT2D eigenvalue weighted by Gasteiger charge is 2.51. The number of rotatable bonds is 5. The van der Waals surface area contributed by atoms with Crippen molar-refractivity contribution in [2.24, 2.45) is 23.2 Å². The molecular formula is C21H27FN2O2. The summed E-state index contributed by atoms with van der Waals surface area (Å²) in [5.41, 5.74) is 1.42. The number of nitrogens with one attached hydrogen (secondary N) is 2. The highest BCUT2D eigenvalue weighted by molar-refractivity contribution is 5.95. The van der Waals surface area contributed by atoms with E-state index >= 15 is 0 Å². The minimum absolute atomic E-state index is 0.0296. The van der Waals surface area contributed by atoms with E-state index in [2.05, 4.69) is 10.6 Å². The van der Waals surface area contributed by atoms with Gasteiger partial charge in [-0.25, -0.2) is 4.39 Å². The molecule has 5 rings (SSSR count). The maximum atomic E-state index is 13.3. The summed E-state index contributed by atoms with van der Waals surface area (Å²) in [6.07, 6.45) is 8.16. The molecule has 4 aliphatic rings. The summed E-state index contributed by atoms with van der Waals surface area (Å²) in [5.74, 6) is 1.70. The van der Waals surface area contributed by atoms with Gasteiger partial charge in [-0.15, -0.1) is 0 Å². The summed E-state index contributed by atoms with van der Waals surface area (Å²) in [5, 5.41) is 5.44. The van der Waals surface area contributed by atoms with Gasteiger partial charge < -0.3 is 10.6 Å². The van der Waals surface area contributed by atoms with Gasteiger partial charge in [0, 0.05) is 12.1 Å². The molecule has 5 heteroatoms. The molecule has 4 nitrogen and oxygen atoms in total. The lowest BCUT2D eigenvalue weighted by molar-refractivity contribution is -0.131. The van der Waals surface area contributed by atoms with Gasteiger partial charge in [0.2, 0.25) is 11.8 Å². The SMILES string of the molecule is Cc1ccc(F)cc1NC(=O)CNC(=O)CC12CC3CC(CC(C3)C1)C2. The first-order valence-electron chi connectivity index (χ1n) is 9.73. The van der Waals surface area contributed by atoms with Crippen molar-refractivity contribution in [3.05, 3.63) is 29.6 Å². The van der Waals surface area contributed by atoms with E-state index in [0.29, 0.717) is 12.1 Å². The van der Waals surface area contributed by atoms with Crippen molar-refractivity contribution in [2.45, 2.75) is 51.9 Å². The van der Waals surface area contributed by atoms with Crippen molar-refractivity contribution in [3.8, 4) is 0 Å². The van der Waals surface area contributed by atoms with Crippen LogP contribution in [0.15, 0.2) is 18.2 Å². The van der Waals surface area contributed by atoms with Crippen LogP contribution in [-0.2, 0) is 9.59 Å². The number of anilines is 1. The normalized spacial score (nSPS) is 31.7. The van der Waals surface area contributed by atoms with Gasteiger partial charge in [0.05, 0.1) is 6.54 Å². The summed E-state index contributed by atoms with van der Waals surface area (Å²) in [6, 6.07) is 4.28. The minimum atomic E-state index is -0.392. The number of amides is 2. The molecule has 2 N–H and O–H groups in total. The zero-order valence-corrected chi connectivity index (χ0v) is 15.3. The molecule has 0 spiro atoms. The van der Waals surface area contributed by atoms with Crippen LogP contribution in [-0.4, -0.2) is 18.4 Å². The Labute approximate surface area is 153 Å². The van der Waals surface area contributed by atoms with Crippen molar-refractivity contribution in [2.75, 3.05) is 11.9 Å². The molecule has 4 saturated carbocycles. The van der Waals surface area contributed by atoms with E-state index in [9.17, 15) is 14.0 Å². The average Bonchev–Trinajstić information content (AvgIpc) is 2.55. The minimum Gasteiger partial charge on any atom is -0.347 e. The quantitative estimate of drug-likeness (QED) is 0.841. The summed E-state index contributed by atoms with van der Waals surface area (Å²) in [4.78, 5) is 24.6. The third-order valence-corrected chi connectivity index (χ3v) is 6.62. The van der Waals surface area contributed by atoms with Gasteiger partial charge >= 0.3 is 0 Å². The smallest absolute Gasteiger partial charge is 0.243 e. The number of hydrogen-bond acceptors (Lipinski definition) is 2. The third-order valence-electron chi connectivity index (χ3n) is 6.62. The fourth-order valence-corrected chi connectivity index (χ4v) is 6.01. The highest BCUT2D eigenvalue weighted by Crippen LogP contribution is 2.61. The molecule has 4 aliphatic carbocycles. The molecular weight excluding hydrogens is 331 g/mol. The van der Waals surface area contributed by atoms with Crippen LogP contribution in [0.5, 0.6) is 0 Å². The fourth-order valence-electron chi connectivity index (χ4n) is 6.01. The Balaban J connectivity index is 1.29. The average molecular weight is 358 g/mol. The Bertz CT molecular complexity index is 695. The Morgan fingerprint density at radius 1 is 1.08 bits per heavy atom. The Hall–Kier alpha value is -1.91. The van der Waals surface area contributed by atoms with Gasteiger partial charge in [-0.2, -0.15) is 0 Å². The molecule has 2 amide bonds. The van der Waals surface area contributed by atoms with E-state index in [1.807, 2.05) is 0 Å². The van der Waals surface area contributed by atoms with Crippen molar-refractivity contribution in [3.63, 3.8) is 0 Å². The van der Waals surface area contributed by atoms with E-state index in [-0.39, 0.29) is 23.8 Å². The molecule has 4 bridgehead atoms. The molecule has 0 saturated heterocycles. The van der Waals surface area contributed by atoms with Crippen LogP contribution in [0.4, 0.5) is 10.1 Å². The van der Waals surface area contributed by atoms with Crippen LogP contribution >= 0.6 is 0 Å². The predicted molar refractivity (Wildman–Crippen MR) is 98.0 cm³/mol. The summed E-state index contributed by atoms with van der Waals surface area (Å²) in [6.45, 7) is 1.74. The van der Waals surface area contributed by atoms with Crippen molar-refractivity contribution in [1.82, 2.24) is 5.32 Å². The lowest BCUT2D eigenvalue weighted by atomic mass is 9.49. The van der Waals surface area contributed by atoms with Crippen molar-refractivity contribution >= 4 is 17.5 Å². The standard InChI is InChI=1S/C21H27FN2O2/c1-13-2-3-17(22)7-18(13)24-20(26)12-23-19(25)11-21-8-14-4-15(9-21)6-16(5-14)10-21/h2-3,7,14-16H,4-6,8-12H2,1H3,(H,23,25)(H,24,26). The van der Waals surface area contributed by atoms with E-state index < -0.39 is 5.82 Å². The Kier molecular flexibility index (Phi) is 4.49. The molecule has 0 aliphatic heterocycles. The second-order valence-corrected chi connectivity index (χ2v) is 8.88. The number of benzene rings is 1. The number of carbonyl (C=O) groups excluding carboxylic acids is 2. The van der Waals surface area contributed by atoms with Crippen LogP contribution in [0.25, 0.3) is 0 Å². The molecule has 1 aromatic rings. The van der Waals surface area contributed by atoms with Gasteiger partial charge in [0.25, 0.3) is 0 Å². The number of hydrogen-bond donors (Lipinski definition) is 2. The third kappa shape index (κ3) is 3.62. The second kappa shape index (κ2) is 6.67. The predicted octanol–water partition coefficient (Wildman–Crippen LogP) is 3.80. The molecule has 0 unspecified atom stereocenters. The molecule has 1 aromatic carbocycles. The lowest BCUT2D eigenvalue weighted by Crippen LogP contribution is -2.48. The van der Waals surface area contributed by atoms with Gasteiger partial charge in [-0.05, 0) is 86.3 Å². The fraction of sp³-hybridized carbons (Fsp3) is 0.619. The summed E-state index contributed by atoms with van der Waals surface area (Å²) in [7, 11) is 0. The first kappa shape index (κ1) is 17.5. The first-order chi connectivity index (χ1) is 12.4. The molecule has 140 valence electrons. The lowest BCUT2D eigenvalue weighted by Gasteiger charge is -2.56. The maximum absolute atomic E-state index is 13.3. The van der Waals surface area contributed by atoms with Crippen molar-refractivity contribution in [1.29, 1.82) is 0 Å². The first-order valence-corrected chi connectivity index (χ1v) is 9.73. The maximum Gasteiger partial charge on any atom is 0.243 e. The van der Waals surface area contributed by atoms with E-state index in [4.69, 9.17) is 0 Å². The zero-order chi connectivity index (χ0) is 18.3. The second-order valence-electron chi connectivity index (χ2n) is 8.88. The van der Waals surface area contributed by atoms with Crippen LogP contribution in [0, 0.1) is 35.9 Å². The Morgan fingerprint density at radius 2 is 1.69 bits per heavy atom. The van der Waals surface area contributed by atoms with Crippen LogP contribution in [0.2, 0.25) is 0 Å². The van der Waals surface area contributed by atoms with E-state index in [0.717, 1.165) is 23.3 Å². The largest absolute Gasteiger partial charge is 0.347 e. The van der Waals surface area contributed by atoms with E-state index in [1.54, 1.807) is 13.0 Å². The van der Waals surface area contributed by atoms with Crippen LogP contribution in [0.1, 0.15) is 50.5 Å². The van der Waals surface area contributed by atoms with Crippen LogP contribution < -0.4 is 10.6 Å². The van der Waals surface area contributed by atoms with Gasteiger partial charge in [0.1, 0.15) is 5.82 Å². The number of carbonyl (C=O) groups is 2. The van der Waals surface area contributed by atoms with Gasteiger partial charge in [-0.3, -0.25) is 9.59 Å². The molecule has 0 radical (unpaired) electrons. The monoisotopic (exact) mass is 358 g/mol. The molecule has 0 aromatic heterocycles. The summed E-state index contributed by atoms with van der Waals surface area (Å²) < 4.78 is 13.3. The topological polar surface area (TPSA) is 58.2 Å². The van der Waals surface area contributed by atoms with E-state index in [1.165, 1.54) is 50.7 Å². The highest BCUT2D eigenvalue weighted by atomic mass is 19.1. The van der Waals surface area contributed by atoms with Crippen LogP contribution in [0.3, 0.4) is 0 Å². The van der Waals surface area contributed by atoms with Gasteiger partial charge in [0.15, 0.2) is 0 Å². The molecule has 0 atom stereocenters. The van der Waals surface area contributed by atoms with Crippen molar-refractivity contribution < 1.29 is 14.0 Å². The molecule has 0 heterocycles. The number of halogens is 1. The van der Waals surface area contributed by atoms with Gasteiger partial charge in [-0.1, -0.05) is 6.07 Å². The number of aryl methyl sites for hydroxylation is 1. The zero-order valence-electron chi connectivity index (χ0n) is 15.3. The Morgan fingerprint density at radius 3 is 2.31 bits per heavy atom. The molecule has 4 fully saturated rings.